The number of amides is 1. The molecule has 1 unspecified atom stereocenters. The molecule has 1 saturated heterocycles. The van der Waals surface area contributed by atoms with E-state index in [1.165, 1.54) is 22.6 Å². The molecule has 12 heteroatoms. The van der Waals surface area contributed by atoms with Gasteiger partial charge in [-0.1, -0.05) is 0 Å². The summed E-state index contributed by atoms with van der Waals surface area (Å²) in [5.74, 6) is -0.896. The number of pyridine rings is 1. The van der Waals surface area contributed by atoms with Crippen molar-refractivity contribution in [2.24, 2.45) is 5.73 Å². The summed E-state index contributed by atoms with van der Waals surface area (Å²) in [6.07, 6.45) is -2.88. The number of primary amides is 1. The van der Waals surface area contributed by atoms with Gasteiger partial charge >= 0.3 is 6.36 Å². The molecule has 30 heavy (non-hydrogen) atoms. The lowest BCUT2D eigenvalue weighted by molar-refractivity contribution is -0.274. The monoisotopic (exact) mass is 445 g/mol. The fraction of sp³-hybridized carbons (Fsp3) is 0.333. The van der Waals surface area contributed by atoms with E-state index in [2.05, 4.69) is 9.72 Å². The third-order valence-electron chi connectivity index (χ3n) is 4.32. The third-order valence-corrected chi connectivity index (χ3v) is 6.20. The molecular formula is C18H18F3N3O5S. The van der Waals surface area contributed by atoms with Gasteiger partial charge in [0.25, 0.3) is 5.91 Å². The van der Waals surface area contributed by atoms with Crippen LogP contribution in [-0.2, 0) is 10.0 Å². The number of sulfonamides is 1. The van der Waals surface area contributed by atoms with Crippen molar-refractivity contribution in [3.8, 4) is 11.5 Å². The summed E-state index contributed by atoms with van der Waals surface area (Å²) in [5.41, 5.74) is 5.21. The average molecular weight is 445 g/mol. The van der Waals surface area contributed by atoms with Gasteiger partial charge in [0, 0.05) is 18.8 Å². The maximum Gasteiger partial charge on any atom is 0.573 e. The van der Waals surface area contributed by atoms with Crippen molar-refractivity contribution >= 4 is 15.9 Å². The number of rotatable bonds is 6. The number of nitrogens with two attached hydrogens (primary N) is 1. The molecular weight excluding hydrogens is 427 g/mol. The Balaban J connectivity index is 1.71. The van der Waals surface area contributed by atoms with Gasteiger partial charge in [-0.05, 0) is 43.2 Å². The number of alkyl halides is 3. The van der Waals surface area contributed by atoms with E-state index in [1.807, 2.05) is 0 Å². The Labute approximate surface area is 170 Å². The SMILES string of the molecule is NC(=O)c1cc(OC2CCCN(S(=O)(=O)c3ccc(OC(F)(F)F)cc3)C2)ccn1. The second-order valence-electron chi connectivity index (χ2n) is 6.51. The first-order valence-corrected chi connectivity index (χ1v) is 10.3. The van der Waals surface area contributed by atoms with Gasteiger partial charge in [0.2, 0.25) is 10.0 Å². The molecule has 1 aromatic heterocycles. The molecule has 0 radical (unpaired) electrons. The van der Waals surface area contributed by atoms with Crippen LogP contribution in [0.25, 0.3) is 0 Å². The highest BCUT2D eigenvalue weighted by atomic mass is 32.2. The zero-order valence-electron chi connectivity index (χ0n) is 15.5. The minimum atomic E-state index is -4.86. The number of carbonyl (C=O) groups is 1. The Morgan fingerprint density at radius 1 is 1.17 bits per heavy atom. The summed E-state index contributed by atoms with van der Waals surface area (Å²) in [6.45, 7) is 0.281. The minimum Gasteiger partial charge on any atom is -0.489 e. The number of benzene rings is 1. The zero-order valence-corrected chi connectivity index (χ0v) is 16.3. The second-order valence-corrected chi connectivity index (χ2v) is 8.44. The van der Waals surface area contributed by atoms with Crippen LogP contribution in [0.2, 0.25) is 0 Å². The molecule has 2 aromatic rings. The lowest BCUT2D eigenvalue weighted by atomic mass is 10.1. The standard InChI is InChI=1S/C18H18F3N3O5S/c19-18(20,21)29-12-3-5-15(6-4-12)30(26,27)24-9-1-2-14(11-24)28-13-7-8-23-16(10-13)17(22)25/h3-8,10,14H,1-2,9,11H2,(H2,22,25). The summed E-state index contributed by atoms with van der Waals surface area (Å²) < 4.78 is 73.3. The van der Waals surface area contributed by atoms with Gasteiger partial charge < -0.3 is 15.2 Å². The maximum atomic E-state index is 12.9. The van der Waals surface area contributed by atoms with Gasteiger partial charge in [0.05, 0.1) is 11.4 Å². The Kier molecular flexibility index (Phi) is 6.17. The summed E-state index contributed by atoms with van der Waals surface area (Å²) in [4.78, 5) is 14.9. The molecule has 0 bridgehead atoms. The lowest BCUT2D eigenvalue weighted by Crippen LogP contribution is -2.44. The Morgan fingerprint density at radius 2 is 1.87 bits per heavy atom. The molecule has 1 fully saturated rings. The van der Waals surface area contributed by atoms with Gasteiger partial charge in [-0.3, -0.25) is 9.78 Å². The summed E-state index contributed by atoms with van der Waals surface area (Å²) in [7, 11) is -3.94. The average Bonchev–Trinajstić information content (AvgIpc) is 2.67. The van der Waals surface area contributed by atoms with E-state index >= 15 is 0 Å². The van der Waals surface area contributed by atoms with E-state index in [9.17, 15) is 26.4 Å². The topological polar surface area (TPSA) is 112 Å². The van der Waals surface area contributed by atoms with Crippen LogP contribution in [0.3, 0.4) is 0 Å². The van der Waals surface area contributed by atoms with Crippen LogP contribution in [0, 0.1) is 0 Å². The van der Waals surface area contributed by atoms with E-state index in [1.54, 1.807) is 0 Å². The fourth-order valence-electron chi connectivity index (χ4n) is 2.99. The predicted molar refractivity (Wildman–Crippen MR) is 98.3 cm³/mol. The number of ether oxygens (including phenoxy) is 2. The van der Waals surface area contributed by atoms with Crippen molar-refractivity contribution in [3.05, 3.63) is 48.3 Å². The summed E-state index contributed by atoms with van der Waals surface area (Å²) in [6, 6.07) is 6.90. The van der Waals surface area contributed by atoms with Crippen molar-refractivity contribution in [2.75, 3.05) is 13.1 Å². The molecule has 3 rings (SSSR count). The molecule has 1 aliphatic rings. The Bertz CT molecular complexity index is 1010. The molecule has 1 aliphatic heterocycles. The van der Waals surface area contributed by atoms with E-state index in [-0.39, 0.29) is 23.7 Å². The molecule has 0 aliphatic carbocycles. The van der Waals surface area contributed by atoms with Crippen LogP contribution < -0.4 is 15.2 Å². The van der Waals surface area contributed by atoms with Crippen LogP contribution >= 0.6 is 0 Å². The number of halogens is 3. The van der Waals surface area contributed by atoms with Crippen molar-refractivity contribution in [1.82, 2.24) is 9.29 Å². The van der Waals surface area contributed by atoms with Crippen molar-refractivity contribution in [2.45, 2.75) is 30.2 Å². The molecule has 1 amide bonds. The largest absolute Gasteiger partial charge is 0.573 e. The quantitative estimate of drug-likeness (QED) is 0.730. The molecule has 1 atom stereocenters. The predicted octanol–water partition coefficient (Wildman–Crippen LogP) is 2.31. The molecule has 0 saturated carbocycles. The number of hydrogen-bond donors (Lipinski definition) is 1. The maximum absolute atomic E-state index is 12.9. The molecule has 2 N–H and O–H groups in total. The number of piperidine rings is 1. The normalized spacial score (nSPS) is 18.0. The highest BCUT2D eigenvalue weighted by molar-refractivity contribution is 7.89. The zero-order chi connectivity index (χ0) is 21.9. The van der Waals surface area contributed by atoms with Crippen LogP contribution in [0.5, 0.6) is 11.5 Å². The highest BCUT2D eigenvalue weighted by Gasteiger charge is 2.33. The number of aromatic nitrogens is 1. The van der Waals surface area contributed by atoms with E-state index in [4.69, 9.17) is 10.5 Å². The highest BCUT2D eigenvalue weighted by Crippen LogP contribution is 2.27. The van der Waals surface area contributed by atoms with Crippen LogP contribution in [0.1, 0.15) is 23.3 Å². The van der Waals surface area contributed by atoms with Crippen molar-refractivity contribution in [3.63, 3.8) is 0 Å². The Hall–Kier alpha value is -2.86. The van der Waals surface area contributed by atoms with Gasteiger partial charge in [0.15, 0.2) is 0 Å². The van der Waals surface area contributed by atoms with Crippen LogP contribution in [0.4, 0.5) is 13.2 Å². The van der Waals surface area contributed by atoms with E-state index in [0.29, 0.717) is 18.6 Å². The fourth-order valence-corrected chi connectivity index (χ4v) is 4.50. The first-order valence-electron chi connectivity index (χ1n) is 8.83. The molecule has 8 nitrogen and oxygen atoms in total. The van der Waals surface area contributed by atoms with Crippen LogP contribution in [0.15, 0.2) is 47.5 Å². The Morgan fingerprint density at radius 3 is 2.50 bits per heavy atom. The van der Waals surface area contributed by atoms with Crippen molar-refractivity contribution < 1.29 is 35.9 Å². The first kappa shape index (κ1) is 21.8. The van der Waals surface area contributed by atoms with Gasteiger partial charge in [0.1, 0.15) is 23.3 Å². The number of carbonyl (C=O) groups excluding carboxylic acids is 1. The second kappa shape index (κ2) is 8.48. The summed E-state index contributed by atoms with van der Waals surface area (Å²) in [5, 5.41) is 0. The van der Waals surface area contributed by atoms with Gasteiger partial charge in [-0.2, -0.15) is 4.31 Å². The van der Waals surface area contributed by atoms with Gasteiger partial charge in [-0.15, -0.1) is 13.2 Å². The smallest absolute Gasteiger partial charge is 0.489 e. The molecule has 162 valence electrons. The van der Waals surface area contributed by atoms with Gasteiger partial charge in [-0.25, -0.2) is 8.42 Å². The lowest BCUT2D eigenvalue weighted by Gasteiger charge is -2.32. The molecule has 0 spiro atoms. The molecule has 2 heterocycles. The minimum absolute atomic E-state index is 0.0222. The third kappa shape index (κ3) is 5.39. The van der Waals surface area contributed by atoms with Crippen molar-refractivity contribution in [1.29, 1.82) is 0 Å². The number of nitrogens with zero attached hydrogens (tertiary/aromatic N) is 2. The molecule has 1 aromatic carbocycles. The number of hydrogen-bond acceptors (Lipinski definition) is 6. The van der Waals surface area contributed by atoms with Crippen LogP contribution in [-0.4, -0.2) is 49.2 Å². The van der Waals surface area contributed by atoms with E-state index < -0.39 is 34.1 Å². The first-order chi connectivity index (χ1) is 14.0. The van der Waals surface area contributed by atoms with E-state index in [0.717, 1.165) is 24.3 Å². The summed E-state index contributed by atoms with van der Waals surface area (Å²) >= 11 is 0.